The predicted octanol–water partition coefficient (Wildman–Crippen LogP) is 4.92. The number of hydrogen-bond acceptors (Lipinski definition) is 2. The predicted molar refractivity (Wildman–Crippen MR) is 94.5 cm³/mol. The fourth-order valence-corrected chi connectivity index (χ4v) is 7.91. The van der Waals surface area contributed by atoms with Gasteiger partial charge in [-0.1, -0.05) is 32.4 Å². The molecule has 0 spiro atoms. The second-order valence-corrected chi connectivity index (χ2v) is 10.2. The number of hydrogen-bond donors (Lipinski definition) is 0. The van der Waals surface area contributed by atoms with Crippen molar-refractivity contribution < 1.29 is 9.53 Å². The van der Waals surface area contributed by atoms with Gasteiger partial charge in [0.2, 0.25) is 0 Å². The molecular weight excluding hydrogens is 296 g/mol. The normalized spacial score (nSPS) is 58.0. The molecule has 5 rings (SSSR count). The monoisotopic (exact) mass is 328 g/mol. The van der Waals surface area contributed by atoms with Gasteiger partial charge in [-0.3, -0.25) is 4.79 Å². The van der Waals surface area contributed by atoms with E-state index in [2.05, 4.69) is 26.8 Å². The molecule has 0 amide bonds. The molecule has 0 aromatic carbocycles. The molecule has 4 fully saturated rings. The van der Waals surface area contributed by atoms with Gasteiger partial charge in [-0.05, 0) is 81.0 Å². The van der Waals surface area contributed by atoms with Gasteiger partial charge in [-0.15, -0.1) is 0 Å². The van der Waals surface area contributed by atoms with E-state index in [0.717, 1.165) is 24.2 Å². The Bertz CT molecular complexity index is 636. The molecule has 1 aliphatic heterocycles. The zero-order valence-corrected chi connectivity index (χ0v) is 15.7. The Morgan fingerprint density at radius 2 is 2.00 bits per heavy atom. The summed E-state index contributed by atoms with van der Waals surface area (Å²) in [5.74, 6) is 3.46. The van der Waals surface area contributed by atoms with E-state index < -0.39 is 5.60 Å². The van der Waals surface area contributed by atoms with Crippen LogP contribution in [0.1, 0.15) is 72.6 Å². The first-order valence-electron chi connectivity index (χ1n) is 10.2. The maximum Gasteiger partial charge on any atom is 0.164 e. The van der Waals surface area contributed by atoms with Crippen molar-refractivity contribution in [1.82, 2.24) is 0 Å². The van der Waals surface area contributed by atoms with Gasteiger partial charge in [0.1, 0.15) is 0 Å². The molecule has 0 bridgehead atoms. The van der Waals surface area contributed by atoms with E-state index in [9.17, 15) is 4.79 Å². The number of rotatable bonds is 1. The molecule has 24 heavy (non-hydrogen) atoms. The first-order chi connectivity index (χ1) is 11.3. The zero-order valence-electron chi connectivity index (χ0n) is 15.7. The summed E-state index contributed by atoms with van der Waals surface area (Å²) in [5, 5.41) is 0. The molecule has 1 saturated heterocycles. The summed E-state index contributed by atoms with van der Waals surface area (Å²) in [4.78, 5) is 12.4. The van der Waals surface area contributed by atoms with Crippen molar-refractivity contribution in [3.8, 4) is 0 Å². The van der Waals surface area contributed by atoms with E-state index in [0.29, 0.717) is 17.1 Å². The highest BCUT2D eigenvalue weighted by molar-refractivity contribution is 5.90. The van der Waals surface area contributed by atoms with Gasteiger partial charge in [0.05, 0.1) is 6.10 Å². The summed E-state index contributed by atoms with van der Waals surface area (Å²) in [5.41, 5.74) is 1.89. The molecule has 0 aromatic rings. The van der Waals surface area contributed by atoms with Gasteiger partial charge in [0.25, 0.3) is 0 Å². The van der Waals surface area contributed by atoms with E-state index in [1.165, 1.54) is 38.5 Å². The second-order valence-electron chi connectivity index (χ2n) is 10.2. The largest absolute Gasteiger partial charge is 0.357 e. The third kappa shape index (κ3) is 1.60. The summed E-state index contributed by atoms with van der Waals surface area (Å²) < 4.78 is 6.03. The molecule has 0 N–H and O–H groups in total. The summed E-state index contributed by atoms with van der Waals surface area (Å²) in [6.45, 7) is 9.13. The minimum Gasteiger partial charge on any atom is -0.357 e. The second kappa shape index (κ2) is 4.55. The Kier molecular flexibility index (Phi) is 2.96. The minimum absolute atomic E-state index is 0.0916. The van der Waals surface area contributed by atoms with Crippen LogP contribution in [0.3, 0.4) is 0 Å². The van der Waals surface area contributed by atoms with Gasteiger partial charge in [-0.25, -0.2) is 0 Å². The number of epoxide rings is 1. The van der Waals surface area contributed by atoms with Crippen molar-refractivity contribution in [3.63, 3.8) is 0 Å². The Balaban J connectivity index is 1.51. The Hall–Kier alpha value is -0.630. The van der Waals surface area contributed by atoms with Gasteiger partial charge in [0.15, 0.2) is 11.4 Å². The Labute approximate surface area is 146 Å². The fraction of sp³-hybridized carbons (Fsp3) is 0.864. The molecule has 8 atom stereocenters. The topological polar surface area (TPSA) is 29.6 Å². The van der Waals surface area contributed by atoms with E-state index in [1.807, 2.05) is 0 Å². The third-order valence-corrected chi connectivity index (χ3v) is 9.30. The van der Waals surface area contributed by atoms with Crippen LogP contribution in [0.5, 0.6) is 0 Å². The molecular formula is C22H32O2. The van der Waals surface area contributed by atoms with Gasteiger partial charge in [0, 0.05) is 5.41 Å². The van der Waals surface area contributed by atoms with Crippen LogP contribution in [-0.4, -0.2) is 17.5 Å². The van der Waals surface area contributed by atoms with Crippen molar-refractivity contribution in [2.24, 2.45) is 34.5 Å². The van der Waals surface area contributed by atoms with Crippen LogP contribution in [0.25, 0.3) is 0 Å². The number of ketones is 1. The third-order valence-electron chi connectivity index (χ3n) is 9.30. The molecule has 0 aromatic heterocycles. The van der Waals surface area contributed by atoms with Crippen LogP contribution in [0, 0.1) is 34.5 Å². The van der Waals surface area contributed by atoms with Crippen molar-refractivity contribution >= 4 is 5.78 Å². The highest BCUT2D eigenvalue weighted by Crippen LogP contribution is 2.73. The molecule has 132 valence electrons. The van der Waals surface area contributed by atoms with Crippen molar-refractivity contribution in [3.05, 3.63) is 11.6 Å². The lowest BCUT2D eigenvalue weighted by Crippen LogP contribution is -2.54. The summed E-state index contributed by atoms with van der Waals surface area (Å²) in [6, 6.07) is 0. The maximum absolute atomic E-state index is 12.4. The number of carbonyl (C=O) groups is 1. The first-order valence-corrected chi connectivity index (χ1v) is 10.2. The van der Waals surface area contributed by atoms with E-state index in [-0.39, 0.29) is 11.5 Å². The Morgan fingerprint density at radius 1 is 1.21 bits per heavy atom. The van der Waals surface area contributed by atoms with Crippen LogP contribution >= 0.6 is 0 Å². The molecule has 2 nitrogen and oxygen atoms in total. The van der Waals surface area contributed by atoms with Gasteiger partial charge in [-0.2, -0.15) is 0 Å². The fourth-order valence-electron chi connectivity index (χ4n) is 7.91. The van der Waals surface area contributed by atoms with Crippen LogP contribution in [0.15, 0.2) is 11.6 Å². The minimum atomic E-state index is -0.408. The van der Waals surface area contributed by atoms with Gasteiger partial charge >= 0.3 is 0 Å². The highest BCUT2D eigenvalue weighted by atomic mass is 16.6. The van der Waals surface area contributed by atoms with E-state index >= 15 is 0 Å². The number of fused-ring (bicyclic) bond motifs is 7. The summed E-state index contributed by atoms with van der Waals surface area (Å²) in [7, 11) is 0. The lowest BCUT2D eigenvalue weighted by atomic mass is 9.46. The molecule has 1 heterocycles. The van der Waals surface area contributed by atoms with Crippen molar-refractivity contribution in [2.45, 2.75) is 84.3 Å². The molecule has 4 aliphatic carbocycles. The highest BCUT2D eigenvalue weighted by Gasteiger charge is 2.79. The first kappa shape index (κ1) is 15.6. The molecule has 2 unspecified atom stereocenters. The zero-order chi connectivity index (χ0) is 16.9. The van der Waals surface area contributed by atoms with Crippen LogP contribution in [-0.2, 0) is 9.53 Å². The van der Waals surface area contributed by atoms with Crippen LogP contribution in [0.2, 0.25) is 0 Å². The Morgan fingerprint density at radius 3 is 2.75 bits per heavy atom. The summed E-state index contributed by atoms with van der Waals surface area (Å²) in [6.07, 6.45) is 11.8. The van der Waals surface area contributed by atoms with Crippen molar-refractivity contribution in [1.29, 1.82) is 0 Å². The average Bonchev–Trinajstić information content (AvgIpc) is 3.21. The van der Waals surface area contributed by atoms with E-state index in [1.54, 1.807) is 12.5 Å². The number of carbonyl (C=O) groups excluding carboxylic acids is 1. The number of ether oxygens (including phenoxy) is 1. The van der Waals surface area contributed by atoms with Crippen molar-refractivity contribution in [2.75, 3.05) is 0 Å². The smallest absolute Gasteiger partial charge is 0.164 e. The lowest BCUT2D eigenvalue weighted by Gasteiger charge is -2.58. The van der Waals surface area contributed by atoms with E-state index in [4.69, 9.17) is 4.74 Å². The van der Waals surface area contributed by atoms with Crippen LogP contribution in [0.4, 0.5) is 0 Å². The molecule has 3 saturated carbocycles. The van der Waals surface area contributed by atoms with Crippen LogP contribution < -0.4 is 0 Å². The SMILES string of the molecule is CC(=O)[C@@]12OC1C[C@H]1[C@@H]3CC=C4CC(C)CC[C@]4(C)[C@H]3CC[C@@]12C. The summed E-state index contributed by atoms with van der Waals surface area (Å²) >= 11 is 0. The quantitative estimate of drug-likeness (QED) is 0.505. The van der Waals surface area contributed by atoms with Gasteiger partial charge < -0.3 is 4.74 Å². The molecule has 5 aliphatic rings. The maximum atomic E-state index is 12.4. The lowest BCUT2D eigenvalue weighted by molar-refractivity contribution is -0.135. The average molecular weight is 328 g/mol. The molecule has 0 radical (unpaired) electrons. The number of allylic oxidation sites excluding steroid dienone is 2. The standard InChI is InChI=1S/C22H32O2/c1-13-7-9-20(3)15(11-13)5-6-16-17(20)8-10-21(4)18(16)12-19-22(21,24-19)14(2)23/h5,13,16-19H,6-12H2,1-4H3/t13?,16-,17+,18+,19?,20+,21+,22-/m1/s1. The molecule has 2 heteroatoms. The number of Topliss-reactive ketones (excluding diaryl/α,β-unsaturated/α-hetero) is 1.